The molecule has 118 valence electrons. The molecule has 1 aliphatic rings. The Bertz CT molecular complexity index is 537. The average Bonchev–Trinajstić information content (AvgIpc) is 2.60. The molecule has 1 N–H and O–H groups in total. The predicted octanol–water partition coefficient (Wildman–Crippen LogP) is 2.66. The Balaban J connectivity index is 1.82. The number of piperidine rings is 1. The van der Waals surface area contributed by atoms with Crippen molar-refractivity contribution >= 4 is 17.7 Å². The van der Waals surface area contributed by atoms with Crippen LogP contribution in [0.1, 0.15) is 31.7 Å². The Morgan fingerprint density at radius 1 is 1.36 bits per heavy atom. The molecule has 0 aromatic heterocycles. The maximum absolute atomic E-state index is 12.3. The minimum Gasteiger partial charge on any atom is -0.396 e. The van der Waals surface area contributed by atoms with Crippen LogP contribution in [-0.4, -0.2) is 41.4 Å². The third-order valence-electron chi connectivity index (χ3n) is 4.61. The monoisotopic (exact) mass is 318 g/mol. The van der Waals surface area contributed by atoms with Crippen LogP contribution in [0.15, 0.2) is 29.2 Å². The maximum Gasteiger partial charge on any atom is 0.232 e. The van der Waals surface area contributed by atoms with Crippen LogP contribution in [0.2, 0.25) is 0 Å². The number of rotatable bonds is 5. The third-order valence-corrected chi connectivity index (χ3v) is 5.60. The molecule has 0 unspecified atom stereocenters. The highest BCUT2D eigenvalue weighted by atomic mass is 32.2. The second kappa shape index (κ2) is 7.66. The van der Waals surface area contributed by atoms with Gasteiger partial charge in [0.25, 0.3) is 0 Å². The molecule has 0 radical (unpaired) electrons. The van der Waals surface area contributed by atoms with Crippen LogP contribution >= 0.6 is 11.8 Å². The summed E-state index contributed by atoms with van der Waals surface area (Å²) in [5.74, 6) is 0.571. The Hall–Kier alpha value is -1.51. The zero-order valence-electron chi connectivity index (χ0n) is 12.9. The van der Waals surface area contributed by atoms with Crippen molar-refractivity contribution in [2.24, 2.45) is 5.41 Å². The number of hydrogen-bond donors (Lipinski definition) is 1. The van der Waals surface area contributed by atoms with Crippen molar-refractivity contribution in [2.75, 3.05) is 25.4 Å². The van der Waals surface area contributed by atoms with Gasteiger partial charge in [-0.05, 0) is 48.9 Å². The number of likely N-dealkylation sites (tertiary alicyclic amines) is 1. The smallest absolute Gasteiger partial charge is 0.232 e. The molecule has 0 saturated carbocycles. The Morgan fingerprint density at radius 2 is 2.00 bits per heavy atom. The molecule has 0 spiro atoms. The quantitative estimate of drug-likeness (QED) is 0.848. The molecular weight excluding hydrogens is 296 g/mol. The van der Waals surface area contributed by atoms with Crippen LogP contribution < -0.4 is 0 Å². The highest BCUT2D eigenvalue weighted by Crippen LogP contribution is 2.34. The van der Waals surface area contributed by atoms with Gasteiger partial charge in [-0.15, -0.1) is 11.8 Å². The number of amides is 1. The Morgan fingerprint density at radius 3 is 2.50 bits per heavy atom. The second-order valence-electron chi connectivity index (χ2n) is 5.82. The van der Waals surface area contributed by atoms with E-state index >= 15 is 0 Å². The number of nitriles is 1. The van der Waals surface area contributed by atoms with Crippen molar-refractivity contribution < 1.29 is 9.90 Å². The van der Waals surface area contributed by atoms with Crippen molar-refractivity contribution in [1.82, 2.24) is 4.90 Å². The molecule has 1 fully saturated rings. The van der Waals surface area contributed by atoms with Gasteiger partial charge < -0.3 is 10.0 Å². The number of thioether (sulfide) groups is 1. The van der Waals surface area contributed by atoms with E-state index in [0.717, 1.165) is 37.2 Å². The molecule has 2 rings (SSSR count). The molecule has 22 heavy (non-hydrogen) atoms. The molecule has 1 amide bonds. The van der Waals surface area contributed by atoms with Crippen molar-refractivity contribution in [3.63, 3.8) is 0 Å². The fourth-order valence-corrected chi connectivity index (χ4v) is 3.52. The molecule has 1 heterocycles. The van der Waals surface area contributed by atoms with Crippen LogP contribution in [0, 0.1) is 16.7 Å². The fraction of sp³-hybridized carbons (Fsp3) is 0.529. The molecule has 4 nitrogen and oxygen atoms in total. The zero-order valence-corrected chi connectivity index (χ0v) is 13.7. The summed E-state index contributed by atoms with van der Waals surface area (Å²) in [6.07, 6.45) is 2.73. The van der Waals surface area contributed by atoms with E-state index in [0.29, 0.717) is 11.3 Å². The first-order valence-electron chi connectivity index (χ1n) is 7.64. The molecule has 1 saturated heterocycles. The molecular formula is C17H22N2O2S. The normalized spacial score (nSPS) is 17.0. The standard InChI is InChI=1S/C17H22N2O2S/c1-2-17(13-20)7-9-19(10-8-17)16(21)12-22-15-5-3-14(11-18)4-6-15/h3-6,20H,2,7-10,12-13H2,1H3. The number of benzene rings is 1. The molecule has 0 aliphatic carbocycles. The first-order chi connectivity index (χ1) is 10.6. The number of hydrogen-bond acceptors (Lipinski definition) is 4. The van der Waals surface area contributed by atoms with Gasteiger partial charge >= 0.3 is 0 Å². The largest absolute Gasteiger partial charge is 0.396 e. The van der Waals surface area contributed by atoms with E-state index in [4.69, 9.17) is 5.26 Å². The predicted molar refractivity (Wildman–Crippen MR) is 87.5 cm³/mol. The lowest BCUT2D eigenvalue weighted by atomic mass is 9.77. The SMILES string of the molecule is CCC1(CO)CCN(C(=O)CSc2ccc(C#N)cc2)CC1. The molecule has 0 bridgehead atoms. The van der Waals surface area contributed by atoms with Gasteiger partial charge in [-0.1, -0.05) is 6.92 Å². The van der Waals surface area contributed by atoms with Gasteiger partial charge in [0.15, 0.2) is 0 Å². The van der Waals surface area contributed by atoms with E-state index < -0.39 is 0 Å². The fourth-order valence-electron chi connectivity index (χ4n) is 2.72. The van der Waals surface area contributed by atoms with Crippen molar-refractivity contribution in [2.45, 2.75) is 31.1 Å². The van der Waals surface area contributed by atoms with Crippen LogP contribution in [-0.2, 0) is 4.79 Å². The summed E-state index contributed by atoms with van der Waals surface area (Å²) in [4.78, 5) is 15.2. The van der Waals surface area contributed by atoms with Crippen molar-refractivity contribution in [1.29, 1.82) is 5.26 Å². The summed E-state index contributed by atoms with van der Waals surface area (Å²) < 4.78 is 0. The zero-order chi connectivity index (χ0) is 16.0. The van der Waals surface area contributed by atoms with Crippen LogP contribution in [0.3, 0.4) is 0 Å². The van der Waals surface area contributed by atoms with Crippen LogP contribution in [0.5, 0.6) is 0 Å². The lowest BCUT2D eigenvalue weighted by molar-refractivity contribution is -0.131. The minimum atomic E-state index is 0.0110. The highest BCUT2D eigenvalue weighted by Gasteiger charge is 2.33. The van der Waals surface area contributed by atoms with E-state index in [2.05, 4.69) is 13.0 Å². The third kappa shape index (κ3) is 4.02. The number of aliphatic hydroxyl groups excluding tert-OH is 1. The lowest BCUT2D eigenvalue weighted by Crippen LogP contribution is -2.45. The molecule has 1 aliphatic heterocycles. The van der Waals surface area contributed by atoms with Gasteiger partial charge in [-0.25, -0.2) is 0 Å². The number of carbonyl (C=O) groups excluding carboxylic acids is 1. The minimum absolute atomic E-state index is 0.0110. The lowest BCUT2D eigenvalue weighted by Gasteiger charge is -2.40. The van der Waals surface area contributed by atoms with Gasteiger partial charge in [-0.3, -0.25) is 4.79 Å². The van der Waals surface area contributed by atoms with Gasteiger partial charge in [0.1, 0.15) is 0 Å². The number of carbonyl (C=O) groups is 1. The molecule has 0 atom stereocenters. The van der Waals surface area contributed by atoms with Crippen LogP contribution in [0.25, 0.3) is 0 Å². The highest BCUT2D eigenvalue weighted by molar-refractivity contribution is 8.00. The van der Waals surface area contributed by atoms with Gasteiger partial charge in [-0.2, -0.15) is 5.26 Å². The number of aliphatic hydroxyl groups is 1. The van der Waals surface area contributed by atoms with E-state index in [-0.39, 0.29) is 17.9 Å². The van der Waals surface area contributed by atoms with Gasteiger partial charge in [0, 0.05) is 24.6 Å². The topological polar surface area (TPSA) is 64.3 Å². The van der Waals surface area contributed by atoms with E-state index in [9.17, 15) is 9.90 Å². The summed E-state index contributed by atoms with van der Waals surface area (Å²) in [5.41, 5.74) is 0.642. The summed E-state index contributed by atoms with van der Waals surface area (Å²) in [7, 11) is 0. The Kier molecular flexibility index (Phi) is 5.87. The summed E-state index contributed by atoms with van der Waals surface area (Å²) in [6, 6.07) is 9.37. The van der Waals surface area contributed by atoms with Crippen molar-refractivity contribution in [3.8, 4) is 6.07 Å². The van der Waals surface area contributed by atoms with E-state index in [1.165, 1.54) is 11.8 Å². The number of nitrogens with zero attached hydrogens (tertiary/aromatic N) is 2. The second-order valence-corrected chi connectivity index (χ2v) is 6.87. The summed E-state index contributed by atoms with van der Waals surface area (Å²) >= 11 is 1.50. The van der Waals surface area contributed by atoms with E-state index in [1.54, 1.807) is 12.1 Å². The van der Waals surface area contributed by atoms with E-state index in [1.807, 2.05) is 17.0 Å². The first-order valence-corrected chi connectivity index (χ1v) is 8.62. The molecule has 1 aromatic rings. The summed E-state index contributed by atoms with van der Waals surface area (Å²) in [5, 5.41) is 18.3. The van der Waals surface area contributed by atoms with Crippen LogP contribution in [0.4, 0.5) is 0 Å². The first kappa shape index (κ1) is 16.9. The van der Waals surface area contributed by atoms with Gasteiger partial charge in [0.05, 0.1) is 17.4 Å². The average molecular weight is 318 g/mol. The van der Waals surface area contributed by atoms with Gasteiger partial charge in [0.2, 0.25) is 5.91 Å². The van der Waals surface area contributed by atoms with Crippen molar-refractivity contribution in [3.05, 3.63) is 29.8 Å². The molecule has 5 heteroatoms. The maximum atomic E-state index is 12.3. The molecule has 1 aromatic carbocycles. The Labute approximate surface area is 136 Å². The summed E-state index contributed by atoms with van der Waals surface area (Å²) in [6.45, 7) is 3.79.